The van der Waals surface area contributed by atoms with Crippen LogP contribution in [0, 0.1) is 0 Å². The van der Waals surface area contributed by atoms with E-state index >= 15 is 0 Å². The molecule has 1 atom stereocenters. The van der Waals surface area contributed by atoms with Crippen LogP contribution in [0.5, 0.6) is 0 Å². The molecule has 2 aliphatic heterocycles. The number of anilines is 1. The van der Waals surface area contributed by atoms with E-state index in [1.807, 2.05) is 6.20 Å². The SMILES string of the molecule is CCN1CCCC[C@@H]1c1cccnc1N1CCCCC1. The third-order valence-corrected chi connectivity index (χ3v) is 4.85. The number of aromatic nitrogens is 1. The van der Waals surface area contributed by atoms with Crippen LogP contribution in [0.2, 0.25) is 0 Å². The van der Waals surface area contributed by atoms with Crippen LogP contribution in [-0.2, 0) is 0 Å². The van der Waals surface area contributed by atoms with Crippen molar-refractivity contribution in [3.05, 3.63) is 23.9 Å². The Morgan fingerprint density at radius 3 is 2.70 bits per heavy atom. The predicted octanol–water partition coefficient (Wildman–Crippen LogP) is 3.62. The van der Waals surface area contributed by atoms with Gasteiger partial charge in [0.05, 0.1) is 0 Å². The smallest absolute Gasteiger partial charge is 0.133 e. The Hall–Kier alpha value is -1.09. The minimum Gasteiger partial charge on any atom is -0.356 e. The second-order valence-corrected chi connectivity index (χ2v) is 6.10. The highest BCUT2D eigenvalue weighted by Gasteiger charge is 2.27. The van der Waals surface area contributed by atoms with Crippen molar-refractivity contribution in [2.75, 3.05) is 31.1 Å². The van der Waals surface area contributed by atoms with E-state index in [2.05, 4.69) is 28.9 Å². The predicted molar refractivity (Wildman–Crippen MR) is 84.1 cm³/mol. The van der Waals surface area contributed by atoms with Gasteiger partial charge in [-0.25, -0.2) is 4.98 Å². The number of hydrogen-bond donors (Lipinski definition) is 0. The van der Waals surface area contributed by atoms with Crippen molar-refractivity contribution in [3.63, 3.8) is 0 Å². The highest BCUT2D eigenvalue weighted by atomic mass is 15.2. The molecule has 0 unspecified atom stereocenters. The lowest BCUT2D eigenvalue weighted by atomic mass is 9.95. The van der Waals surface area contributed by atoms with E-state index in [0.29, 0.717) is 6.04 Å². The summed E-state index contributed by atoms with van der Waals surface area (Å²) in [5.41, 5.74) is 1.47. The first-order valence-corrected chi connectivity index (χ1v) is 8.34. The van der Waals surface area contributed by atoms with Gasteiger partial charge in [0.1, 0.15) is 5.82 Å². The minimum absolute atomic E-state index is 0.583. The summed E-state index contributed by atoms with van der Waals surface area (Å²) in [6.45, 7) is 7.05. The molecule has 3 heterocycles. The number of rotatable bonds is 3. The molecule has 110 valence electrons. The fraction of sp³-hybridized carbons (Fsp3) is 0.706. The largest absolute Gasteiger partial charge is 0.356 e. The van der Waals surface area contributed by atoms with Gasteiger partial charge in [0.15, 0.2) is 0 Å². The molecule has 0 aromatic carbocycles. The number of hydrogen-bond acceptors (Lipinski definition) is 3. The Morgan fingerprint density at radius 2 is 1.90 bits per heavy atom. The average Bonchev–Trinajstić information content (AvgIpc) is 2.55. The molecule has 1 aromatic heterocycles. The van der Waals surface area contributed by atoms with Crippen molar-refractivity contribution in [1.29, 1.82) is 0 Å². The lowest BCUT2D eigenvalue weighted by Gasteiger charge is -2.38. The van der Waals surface area contributed by atoms with Crippen LogP contribution < -0.4 is 4.90 Å². The number of piperidine rings is 2. The van der Waals surface area contributed by atoms with Crippen LogP contribution in [0.15, 0.2) is 18.3 Å². The molecule has 1 aromatic rings. The molecule has 2 fully saturated rings. The molecule has 3 rings (SSSR count). The first-order valence-electron chi connectivity index (χ1n) is 8.34. The molecule has 3 nitrogen and oxygen atoms in total. The molecule has 2 aliphatic rings. The summed E-state index contributed by atoms with van der Waals surface area (Å²) < 4.78 is 0. The van der Waals surface area contributed by atoms with Gasteiger partial charge in [-0.1, -0.05) is 19.4 Å². The summed E-state index contributed by atoms with van der Waals surface area (Å²) >= 11 is 0. The van der Waals surface area contributed by atoms with E-state index in [1.54, 1.807) is 0 Å². The van der Waals surface area contributed by atoms with Crippen LogP contribution in [0.1, 0.15) is 57.1 Å². The molecule has 20 heavy (non-hydrogen) atoms. The quantitative estimate of drug-likeness (QED) is 0.838. The summed E-state index contributed by atoms with van der Waals surface area (Å²) in [5, 5.41) is 0. The van der Waals surface area contributed by atoms with Crippen molar-refractivity contribution in [3.8, 4) is 0 Å². The van der Waals surface area contributed by atoms with Crippen molar-refractivity contribution in [2.24, 2.45) is 0 Å². The summed E-state index contributed by atoms with van der Waals surface area (Å²) in [6.07, 6.45) is 9.98. The first-order chi connectivity index (χ1) is 9.90. The minimum atomic E-state index is 0.583. The molecule has 0 bridgehead atoms. The molecular weight excluding hydrogens is 246 g/mol. The Morgan fingerprint density at radius 1 is 1.10 bits per heavy atom. The van der Waals surface area contributed by atoms with Gasteiger partial charge in [0.2, 0.25) is 0 Å². The lowest BCUT2D eigenvalue weighted by Crippen LogP contribution is -2.36. The molecule has 2 saturated heterocycles. The second-order valence-electron chi connectivity index (χ2n) is 6.10. The Balaban J connectivity index is 1.87. The van der Waals surface area contributed by atoms with Gasteiger partial charge in [-0.2, -0.15) is 0 Å². The molecule has 0 radical (unpaired) electrons. The van der Waals surface area contributed by atoms with E-state index in [-0.39, 0.29) is 0 Å². The fourth-order valence-corrected chi connectivity index (χ4v) is 3.76. The van der Waals surface area contributed by atoms with Crippen LogP contribution in [0.4, 0.5) is 5.82 Å². The zero-order chi connectivity index (χ0) is 13.8. The van der Waals surface area contributed by atoms with E-state index in [4.69, 9.17) is 4.98 Å². The van der Waals surface area contributed by atoms with Crippen molar-refractivity contribution >= 4 is 5.82 Å². The highest BCUT2D eigenvalue weighted by Crippen LogP contribution is 2.35. The van der Waals surface area contributed by atoms with E-state index in [9.17, 15) is 0 Å². The molecule has 0 N–H and O–H groups in total. The first kappa shape index (κ1) is 13.9. The van der Waals surface area contributed by atoms with E-state index in [0.717, 1.165) is 6.54 Å². The maximum absolute atomic E-state index is 4.75. The molecule has 0 saturated carbocycles. The summed E-state index contributed by atoms with van der Waals surface area (Å²) in [4.78, 5) is 9.89. The lowest BCUT2D eigenvalue weighted by molar-refractivity contribution is 0.157. The van der Waals surface area contributed by atoms with Crippen molar-refractivity contribution in [1.82, 2.24) is 9.88 Å². The third kappa shape index (κ3) is 2.83. The average molecular weight is 273 g/mol. The molecule has 0 spiro atoms. The van der Waals surface area contributed by atoms with Crippen LogP contribution >= 0.6 is 0 Å². The Labute approximate surface area is 123 Å². The normalized spacial score (nSPS) is 24.9. The maximum Gasteiger partial charge on any atom is 0.133 e. The molecule has 0 amide bonds. The van der Waals surface area contributed by atoms with Crippen LogP contribution in [-0.4, -0.2) is 36.1 Å². The fourth-order valence-electron chi connectivity index (χ4n) is 3.76. The summed E-state index contributed by atoms with van der Waals surface area (Å²) in [7, 11) is 0. The number of nitrogens with zero attached hydrogens (tertiary/aromatic N) is 3. The van der Waals surface area contributed by atoms with E-state index in [1.165, 1.54) is 69.5 Å². The zero-order valence-corrected chi connectivity index (χ0v) is 12.7. The highest BCUT2D eigenvalue weighted by molar-refractivity contribution is 5.49. The van der Waals surface area contributed by atoms with Gasteiger partial charge in [-0.3, -0.25) is 4.90 Å². The number of likely N-dealkylation sites (tertiary alicyclic amines) is 1. The second kappa shape index (κ2) is 6.57. The van der Waals surface area contributed by atoms with Gasteiger partial charge >= 0.3 is 0 Å². The Kier molecular flexibility index (Phi) is 4.56. The Bertz CT molecular complexity index is 426. The van der Waals surface area contributed by atoms with Gasteiger partial charge in [0, 0.05) is 30.9 Å². The van der Waals surface area contributed by atoms with E-state index < -0.39 is 0 Å². The van der Waals surface area contributed by atoms with Gasteiger partial charge in [-0.05, 0) is 51.3 Å². The molecular formula is C17H27N3. The molecule has 0 aliphatic carbocycles. The topological polar surface area (TPSA) is 19.4 Å². The maximum atomic E-state index is 4.75. The van der Waals surface area contributed by atoms with Crippen LogP contribution in [0.25, 0.3) is 0 Å². The van der Waals surface area contributed by atoms with Gasteiger partial charge in [0.25, 0.3) is 0 Å². The van der Waals surface area contributed by atoms with Gasteiger partial charge in [-0.15, -0.1) is 0 Å². The monoisotopic (exact) mass is 273 g/mol. The van der Waals surface area contributed by atoms with Crippen molar-refractivity contribution in [2.45, 2.75) is 51.5 Å². The third-order valence-electron chi connectivity index (χ3n) is 4.85. The zero-order valence-electron chi connectivity index (χ0n) is 12.7. The standard InChI is InChI=1S/C17H27N3/c1-2-19-12-7-4-10-16(19)15-9-8-11-18-17(15)20-13-5-3-6-14-20/h8-9,11,16H,2-7,10,12-14H2,1H3/t16-/m1/s1. The summed E-state index contributed by atoms with van der Waals surface area (Å²) in [5.74, 6) is 1.26. The number of pyridine rings is 1. The summed E-state index contributed by atoms with van der Waals surface area (Å²) in [6, 6.07) is 5.01. The van der Waals surface area contributed by atoms with Gasteiger partial charge < -0.3 is 4.90 Å². The van der Waals surface area contributed by atoms with Crippen LogP contribution in [0.3, 0.4) is 0 Å². The molecule has 3 heteroatoms. The van der Waals surface area contributed by atoms with Crippen molar-refractivity contribution < 1.29 is 0 Å².